The largest absolute Gasteiger partial charge is 0.346 e. The molecule has 0 radical (unpaired) electrons. The summed E-state index contributed by atoms with van der Waals surface area (Å²) >= 11 is 0. The third-order valence-electron chi connectivity index (χ3n) is 5.76. The number of pyridine rings is 1. The van der Waals surface area contributed by atoms with Gasteiger partial charge in [-0.1, -0.05) is 6.92 Å². The van der Waals surface area contributed by atoms with Gasteiger partial charge in [-0.15, -0.1) is 0 Å². The zero-order chi connectivity index (χ0) is 16.6. The van der Waals surface area contributed by atoms with E-state index in [4.69, 9.17) is 0 Å². The lowest BCUT2D eigenvalue weighted by molar-refractivity contribution is -0.168. The van der Waals surface area contributed by atoms with Gasteiger partial charge in [-0.2, -0.15) is 0 Å². The van der Waals surface area contributed by atoms with Gasteiger partial charge in [0.2, 0.25) is 0 Å². The summed E-state index contributed by atoms with van der Waals surface area (Å²) in [6, 6.07) is 2.04. The van der Waals surface area contributed by atoms with E-state index in [0.717, 1.165) is 41.3 Å². The minimum Gasteiger partial charge on any atom is -0.346 e. The van der Waals surface area contributed by atoms with Gasteiger partial charge in [0.1, 0.15) is 11.2 Å². The molecular formula is C17H20N4O2S. The van der Waals surface area contributed by atoms with E-state index in [9.17, 15) is 8.42 Å². The maximum absolute atomic E-state index is 12.2. The number of hydrogen-bond acceptors (Lipinski definition) is 4. The molecule has 1 N–H and O–H groups in total. The Hall–Kier alpha value is -1.89. The van der Waals surface area contributed by atoms with E-state index in [2.05, 4.69) is 19.5 Å². The van der Waals surface area contributed by atoms with E-state index in [0.29, 0.717) is 17.9 Å². The van der Waals surface area contributed by atoms with Crippen LogP contribution in [0.2, 0.25) is 0 Å². The number of nitrogens with one attached hydrogen (secondary N) is 1. The highest BCUT2D eigenvalue weighted by atomic mass is 32.2. The van der Waals surface area contributed by atoms with E-state index >= 15 is 0 Å². The van der Waals surface area contributed by atoms with Crippen molar-refractivity contribution in [2.45, 2.75) is 38.1 Å². The van der Waals surface area contributed by atoms with Crippen LogP contribution in [0, 0.1) is 5.41 Å². The van der Waals surface area contributed by atoms with Crippen molar-refractivity contribution in [2.75, 3.05) is 11.5 Å². The van der Waals surface area contributed by atoms with Gasteiger partial charge < -0.3 is 9.55 Å². The summed E-state index contributed by atoms with van der Waals surface area (Å²) < 4.78 is 26.6. The zero-order valence-corrected chi connectivity index (χ0v) is 14.4. The third-order valence-corrected chi connectivity index (χ3v) is 7.84. The summed E-state index contributed by atoms with van der Waals surface area (Å²) in [7, 11) is -2.92. The quantitative estimate of drug-likeness (QED) is 0.771. The molecule has 126 valence electrons. The normalized spacial score (nSPS) is 28.9. The number of H-pyrrole nitrogens is 1. The van der Waals surface area contributed by atoms with Crippen molar-refractivity contribution in [3.8, 4) is 0 Å². The summed E-state index contributed by atoms with van der Waals surface area (Å²) in [6.45, 7) is 1.93. The molecule has 0 atom stereocenters. The van der Waals surface area contributed by atoms with Crippen LogP contribution in [-0.4, -0.2) is 39.4 Å². The summed E-state index contributed by atoms with van der Waals surface area (Å²) in [5, 5.41) is 1.09. The number of aromatic amines is 1. The van der Waals surface area contributed by atoms with Gasteiger partial charge >= 0.3 is 0 Å². The smallest absolute Gasteiger partial charge is 0.150 e. The van der Waals surface area contributed by atoms with Crippen molar-refractivity contribution in [3.05, 3.63) is 24.8 Å². The van der Waals surface area contributed by atoms with Crippen LogP contribution in [0.15, 0.2) is 24.8 Å². The van der Waals surface area contributed by atoms with Crippen LogP contribution < -0.4 is 0 Å². The second-order valence-corrected chi connectivity index (χ2v) is 9.88. The van der Waals surface area contributed by atoms with Crippen molar-refractivity contribution >= 4 is 31.9 Å². The highest BCUT2D eigenvalue weighted by molar-refractivity contribution is 7.91. The Labute approximate surface area is 140 Å². The molecule has 3 heterocycles. The Morgan fingerprint density at radius 1 is 1.29 bits per heavy atom. The molecule has 0 spiro atoms. The van der Waals surface area contributed by atoms with Gasteiger partial charge in [0.25, 0.3) is 0 Å². The summed E-state index contributed by atoms with van der Waals surface area (Å²) in [5.74, 6) is 0.661. The molecule has 2 bridgehead atoms. The van der Waals surface area contributed by atoms with E-state index in [1.165, 1.54) is 0 Å². The molecule has 6 nitrogen and oxygen atoms in total. The Kier molecular flexibility index (Phi) is 2.64. The first-order chi connectivity index (χ1) is 11.5. The van der Waals surface area contributed by atoms with Crippen LogP contribution in [0.3, 0.4) is 0 Å². The molecule has 3 aliphatic rings. The Morgan fingerprint density at radius 3 is 2.83 bits per heavy atom. The van der Waals surface area contributed by atoms with Gasteiger partial charge in [-0.3, -0.25) is 0 Å². The lowest BCUT2D eigenvalue weighted by Crippen LogP contribution is -2.69. The third kappa shape index (κ3) is 1.79. The number of rotatable bonds is 5. The lowest BCUT2D eigenvalue weighted by Gasteiger charge is -2.71. The van der Waals surface area contributed by atoms with E-state index in [1.54, 1.807) is 6.20 Å². The van der Waals surface area contributed by atoms with Crippen LogP contribution in [0.4, 0.5) is 0 Å². The molecule has 6 rings (SSSR count). The van der Waals surface area contributed by atoms with Crippen molar-refractivity contribution < 1.29 is 8.42 Å². The molecule has 0 amide bonds. The van der Waals surface area contributed by atoms with E-state index in [1.807, 2.05) is 25.5 Å². The Balaban J connectivity index is 1.49. The molecule has 3 aromatic rings. The molecule has 0 unspecified atom stereocenters. The van der Waals surface area contributed by atoms with Crippen molar-refractivity contribution in [3.63, 3.8) is 0 Å². The number of hydrogen-bond donors (Lipinski definition) is 1. The van der Waals surface area contributed by atoms with Gasteiger partial charge in [-0.25, -0.2) is 18.4 Å². The van der Waals surface area contributed by atoms with Crippen LogP contribution in [0.5, 0.6) is 0 Å². The maximum Gasteiger partial charge on any atom is 0.150 e. The van der Waals surface area contributed by atoms with Gasteiger partial charge in [-0.05, 0) is 37.2 Å². The standard InChI is InChI=1S/C17H20N4O2S/c1-2-5-24(22,23)10-16-7-17(8-16,9-16)21-11-20-13-6-19-15-12(14(13)21)3-4-18-15/h3-4,6,11H,2,5,7-10H2,1H3,(H,18,19). The molecule has 3 aliphatic carbocycles. The molecule has 0 saturated heterocycles. The van der Waals surface area contributed by atoms with E-state index in [-0.39, 0.29) is 11.0 Å². The number of imidazole rings is 1. The number of fused-ring (bicyclic) bond motifs is 3. The number of sulfone groups is 1. The fourth-order valence-corrected chi connectivity index (χ4v) is 7.07. The average Bonchev–Trinajstić information content (AvgIpc) is 3.06. The highest BCUT2D eigenvalue weighted by Gasteiger charge is 2.69. The summed E-state index contributed by atoms with van der Waals surface area (Å²) in [5.41, 5.74) is 2.96. The highest BCUT2D eigenvalue weighted by Crippen LogP contribution is 2.72. The topological polar surface area (TPSA) is 80.6 Å². The van der Waals surface area contributed by atoms with Crippen LogP contribution >= 0.6 is 0 Å². The maximum atomic E-state index is 12.2. The second-order valence-electron chi connectivity index (χ2n) is 7.69. The summed E-state index contributed by atoms with van der Waals surface area (Å²) in [4.78, 5) is 12.1. The molecular weight excluding hydrogens is 324 g/mol. The first-order valence-corrected chi connectivity index (χ1v) is 10.3. The van der Waals surface area contributed by atoms with Gasteiger partial charge in [0.05, 0.1) is 23.8 Å². The fourth-order valence-electron chi connectivity index (χ4n) is 5.07. The monoisotopic (exact) mass is 344 g/mol. The predicted molar refractivity (Wildman–Crippen MR) is 92.6 cm³/mol. The minimum absolute atomic E-state index is 0.00882. The van der Waals surface area contributed by atoms with E-state index < -0.39 is 9.84 Å². The first-order valence-electron chi connectivity index (χ1n) is 8.46. The van der Waals surface area contributed by atoms with Crippen molar-refractivity contribution in [1.29, 1.82) is 0 Å². The molecule has 3 saturated carbocycles. The lowest BCUT2D eigenvalue weighted by atomic mass is 9.40. The fraction of sp³-hybridized carbons (Fsp3) is 0.529. The molecule has 0 aromatic carbocycles. The molecule has 24 heavy (non-hydrogen) atoms. The Morgan fingerprint density at radius 2 is 2.08 bits per heavy atom. The van der Waals surface area contributed by atoms with Crippen molar-refractivity contribution in [2.24, 2.45) is 5.41 Å². The Bertz CT molecular complexity index is 1040. The van der Waals surface area contributed by atoms with Crippen LogP contribution in [0.1, 0.15) is 32.6 Å². The molecule has 3 aromatic heterocycles. The first kappa shape index (κ1) is 14.5. The molecule has 7 heteroatoms. The van der Waals surface area contributed by atoms with Crippen LogP contribution in [0.25, 0.3) is 22.1 Å². The minimum atomic E-state index is -2.92. The average molecular weight is 344 g/mol. The summed E-state index contributed by atoms with van der Waals surface area (Å²) in [6.07, 6.45) is 9.15. The number of nitrogens with zero attached hydrogens (tertiary/aromatic N) is 3. The van der Waals surface area contributed by atoms with Crippen LogP contribution in [-0.2, 0) is 15.4 Å². The van der Waals surface area contributed by atoms with Crippen molar-refractivity contribution in [1.82, 2.24) is 19.5 Å². The predicted octanol–water partition coefficient (Wildman–Crippen LogP) is 2.62. The van der Waals surface area contributed by atoms with Gasteiger partial charge in [0, 0.05) is 22.9 Å². The van der Waals surface area contributed by atoms with Gasteiger partial charge in [0.15, 0.2) is 9.84 Å². The SMILES string of the molecule is CCCS(=O)(=O)CC12CC(n3cnc4cnc5[nH]ccc5c43)(C1)C2. The zero-order valence-electron chi connectivity index (χ0n) is 13.6. The molecule has 0 aliphatic heterocycles. The second kappa shape index (κ2) is 4.39. The number of aromatic nitrogens is 4. The molecule has 3 fully saturated rings.